The van der Waals surface area contributed by atoms with Crippen molar-refractivity contribution < 1.29 is 29.6 Å². The molecule has 0 unspecified atom stereocenters. The summed E-state index contributed by atoms with van der Waals surface area (Å²) in [6.45, 7) is 2.07. The molecule has 5 N–H and O–H groups in total. The molecule has 0 aromatic heterocycles. The summed E-state index contributed by atoms with van der Waals surface area (Å²) in [4.78, 5) is 12.6. The van der Waals surface area contributed by atoms with Crippen molar-refractivity contribution in [3.63, 3.8) is 0 Å². The summed E-state index contributed by atoms with van der Waals surface area (Å²) in [6.07, 6.45) is 5.84. The largest absolute Gasteiger partial charge is 0.508 e. The van der Waals surface area contributed by atoms with Gasteiger partial charge in [-0.05, 0) is 78.9 Å². The normalized spacial score (nSPS) is 14.5. The highest BCUT2D eigenvalue weighted by Crippen LogP contribution is 2.22. The van der Waals surface area contributed by atoms with E-state index >= 15 is 0 Å². The highest BCUT2D eigenvalue weighted by molar-refractivity contribution is 5.94. The summed E-state index contributed by atoms with van der Waals surface area (Å²) in [5.41, 5.74) is 3.83. The van der Waals surface area contributed by atoms with Crippen molar-refractivity contribution in [3.05, 3.63) is 94.5 Å². The Balaban J connectivity index is 1.09. The number of amides is 1. The highest BCUT2D eigenvalue weighted by Gasteiger charge is 2.17. The molecule has 0 spiro atoms. The Morgan fingerprint density at radius 3 is 2.54 bits per heavy atom. The molecule has 1 amide bonds. The maximum absolute atomic E-state index is 12.6. The Bertz CT molecular complexity index is 1230. The SMILES string of the molecule is O=C(NC1CCCCC1)c1cccc(COCCOc2ccc(CCNC[C@H](O)c3ccc(O)c(CO)c3)cc2)c1. The topological polar surface area (TPSA) is 120 Å². The van der Waals surface area contributed by atoms with E-state index in [0.717, 1.165) is 36.1 Å². The molecule has 0 aliphatic heterocycles. The Morgan fingerprint density at radius 1 is 0.951 bits per heavy atom. The molecule has 0 bridgehead atoms. The predicted molar refractivity (Wildman–Crippen MR) is 158 cm³/mol. The monoisotopic (exact) mass is 562 g/mol. The Labute approximate surface area is 242 Å². The number of nitrogens with one attached hydrogen (secondary N) is 2. The maximum atomic E-state index is 12.6. The third kappa shape index (κ3) is 9.86. The lowest BCUT2D eigenvalue weighted by Gasteiger charge is -2.22. The van der Waals surface area contributed by atoms with Gasteiger partial charge in [0.15, 0.2) is 0 Å². The molecule has 1 aliphatic rings. The summed E-state index contributed by atoms with van der Waals surface area (Å²) >= 11 is 0. The van der Waals surface area contributed by atoms with Crippen LogP contribution in [0.15, 0.2) is 66.7 Å². The van der Waals surface area contributed by atoms with E-state index in [-0.39, 0.29) is 24.3 Å². The van der Waals surface area contributed by atoms with Gasteiger partial charge in [-0.2, -0.15) is 0 Å². The lowest BCUT2D eigenvalue weighted by Crippen LogP contribution is -2.36. The van der Waals surface area contributed by atoms with E-state index in [9.17, 15) is 20.1 Å². The number of carbonyl (C=O) groups is 1. The minimum Gasteiger partial charge on any atom is -0.508 e. The van der Waals surface area contributed by atoms with Crippen LogP contribution in [-0.2, 0) is 24.4 Å². The van der Waals surface area contributed by atoms with E-state index in [1.54, 1.807) is 12.1 Å². The van der Waals surface area contributed by atoms with Crippen LogP contribution in [-0.4, -0.2) is 53.6 Å². The van der Waals surface area contributed by atoms with Crippen LogP contribution < -0.4 is 15.4 Å². The van der Waals surface area contributed by atoms with Gasteiger partial charge in [0.2, 0.25) is 0 Å². The van der Waals surface area contributed by atoms with Crippen molar-refractivity contribution >= 4 is 5.91 Å². The van der Waals surface area contributed by atoms with E-state index in [2.05, 4.69) is 10.6 Å². The summed E-state index contributed by atoms with van der Waals surface area (Å²) < 4.78 is 11.6. The van der Waals surface area contributed by atoms with Crippen molar-refractivity contribution in [2.45, 2.75) is 63.9 Å². The van der Waals surface area contributed by atoms with Crippen molar-refractivity contribution in [1.29, 1.82) is 0 Å². The third-order valence-corrected chi connectivity index (χ3v) is 7.40. The molecule has 41 heavy (non-hydrogen) atoms. The van der Waals surface area contributed by atoms with Crippen molar-refractivity contribution in [3.8, 4) is 11.5 Å². The van der Waals surface area contributed by atoms with Gasteiger partial charge < -0.3 is 35.4 Å². The third-order valence-electron chi connectivity index (χ3n) is 7.40. The number of carbonyl (C=O) groups excluding carboxylic acids is 1. The fourth-order valence-electron chi connectivity index (χ4n) is 5.01. The molecule has 8 heteroatoms. The first kappa shape index (κ1) is 30.5. The number of aliphatic hydroxyl groups excluding tert-OH is 2. The van der Waals surface area contributed by atoms with Gasteiger partial charge >= 0.3 is 0 Å². The zero-order chi connectivity index (χ0) is 28.9. The Hall–Kier alpha value is -3.43. The highest BCUT2D eigenvalue weighted by atomic mass is 16.5. The van der Waals surface area contributed by atoms with Crippen LogP contribution in [0.25, 0.3) is 0 Å². The van der Waals surface area contributed by atoms with Gasteiger partial charge in [0.05, 0.1) is 25.9 Å². The molecule has 3 aromatic rings. The van der Waals surface area contributed by atoms with Crippen LogP contribution in [0.3, 0.4) is 0 Å². The predicted octanol–water partition coefficient (Wildman–Crippen LogP) is 4.41. The van der Waals surface area contributed by atoms with Gasteiger partial charge in [-0.15, -0.1) is 0 Å². The van der Waals surface area contributed by atoms with Gasteiger partial charge in [-0.25, -0.2) is 0 Å². The quantitative estimate of drug-likeness (QED) is 0.174. The standard InChI is InChI=1S/C33H42N2O6/c36-22-28-20-26(11-14-31(28)37)32(38)21-34-16-15-24-9-12-30(13-10-24)41-18-17-40-23-25-5-4-6-27(19-25)33(39)35-29-7-2-1-3-8-29/h4-6,9-14,19-20,29,32,34,36-38H,1-3,7-8,15-18,21-23H2,(H,35,39)/t32-/m0/s1. The molecule has 1 aliphatic carbocycles. The smallest absolute Gasteiger partial charge is 0.251 e. The number of phenols is 1. The van der Waals surface area contributed by atoms with Crippen molar-refractivity contribution in [1.82, 2.24) is 10.6 Å². The number of hydrogen-bond acceptors (Lipinski definition) is 7. The van der Waals surface area contributed by atoms with Gasteiger partial charge in [-0.1, -0.05) is 49.6 Å². The van der Waals surface area contributed by atoms with Gasteiger partial charge in [-0.3, -0.25) is 4.79 Å². The lowest BCUT2D eigenvalue weighted by atomic mass is 9.95. The van der Waals surface area contributed by atoms with E-state index in [0.29, 0.717) is 49.6 Å². The molecule has 0 saturated heterocycles. The second-order valence-corrected chi connectivity index (χ2v) is 10.6. The fraction of sp³-hybridized carbons (Fsp3) is 0.424. The molecule has 0 radical (unpaired) electrons. The molecular formula is C33H42N2O6. The summed E-state index contributed by atoms with van der Waals surface area (Å²) in [7, 11) is 0. The fourth-order valence-corrected chi connectivity index (χ4v) is 5.01. The maximum Gasteiger partial charge on any atom is 0.251 e. The van der Waals surface area contributed by atoms with Gasteiger partial charge in [0.1, 0.15) is 18.1 Å². The average molecular weight is 563 g/mol. The number of aliphatic hydroxyl groups is 2. The summed E-state index contributed by atoms with van der Waals surface area (Å²) in [6, 6.07) is 20.6. The molecule has 3 aromatic carbocycles. The second kappa shape index (κ2) is 16.1. The first-order valence-corrected chi connectivity index (χ1v) is 14.5. The van der Waals surface area contributed by atoms with Gasteiger partial charge in [0, 0.05) is 23.7 Å². The number of benzene rings is 3. The van der Waals surface area contributed by atoms with Crippen LogP contribution in [0, 0.1) is 0 Å². The summed E-state index contributed by atoms with van der Waals surface area (Å²) in [5.74, 6) is 0.785. The first-order valence-electron chi connectivity index (χ1n) is 14.5. The molecule has 0 heterocycles. The Kier molecular flexibility index (Phi) is 12.0. The molecule has 4 rings (SSSR count). The van der Waals surface area contributed by atoms with Crippen LogP contribution in [0.5, 0.6) is 11.5 Å². The number of aromatic hydroxyl groups is 1. The van der Waals surface area contributed by atoms with E-state index in [4.69, 9.17) is 9.47 Å². The van der Waals surface area contributed by atoms with Crippen LogP contribution >= 0.6 is 0 Å². The summed E-state index contributed by atoms with van der Waals surface area (Å²) in [5, 5.41) is 35.7. The van der Waals surface area contributed by atoms with Crippen molar-refractivity contribution in [2.24, 2.45) is 0 Å². The minimum absolute atomic E-state index is 0.00896. The molecule has 1 atom stereocenters. The zero-order valence-electron chi connectivity index (χ0n) is 23.6. The van der Waals surface area contributed by atoms with Crippen molar-refractivity contribution in [2.75, 3.05) is 26.3 Å². The number of hydrogen-bond donors (Lipinski definition) is 5. The molecule has 1 fully saturated rings. The zero-order valence-corrected chi connectivity index (χ0v) is 23.6. The average Bonchev–Trinajstić information content (AvgIpc) is 3.00. The van der Waals surface area contributed by atoms with E-state index < -0.39 is 6.10 Å². The second-order valence-electron chi connectivity index (χ2n) is 10.6. The van der Waals surface area contributed by atoms with E-state index in [1.165, 1.54) is 25.3 Å². The number of ether oxygens (including phenoxy) is 2. The Morgan fingerprint density at radius 2 is 1.76 bits per heavy atom. The molecule has 8 nitrogen and oxygen atoms in total. The lowest BCUT2D eigenvalue weighted by molar-refractivity contribution is 0.0884. The van der Waals surface area contributed by atoms with E-state index in [1.807, 2.05) is 48.5 Å². The van der Waals surface area contributed by atoms with Crippen LogP contribution in [0.1, 0.15) is 70.8 Å². The number of rotatable bonds is 15. The molecule has 1 saturated carbocycles. The van der Waals surface area contributed by atoms with Gasteiger partial charge in [0.25, 0.3) is 5.91 Å². The first-order chi connectivity index (χ1) is 20.0. The van der Waals surface area contributed by atoms with Crippen LogP contribution in [0.4, 0.5) is 0 Å². The minimum atomic E-state index is -0.728. The molecular weight excluding hydrogens is 520 g/mol. The van der Waals surface area contributed by atoms with Crippen LogP contribution in [0.2, 0.25) is 0 Å². The molecule has 220 valence electrons.